The van der Waals surface area contributed by atoms with E-state index in [2.05, 4.69) is 10.1 Å². The maximum absolute atomic E-state index is 12.0. The monoisotopic (exact) mass is 260 g/mol. The van der Waals surface area contributed by atoms with Gasteiger partial charge in [0.05, 0.1) is 5.56 Å². The average Bonchev–Trinajstić information content (AvgIpc) is 2.79. The quantitative estimate of drug-likeness (QED) is 0.794. The third-order valence-electron chi connectivity index (χ3n) is 2.92. The van der Waals surface area contributed by atoms with E-state index in [1.54, 1.807) is 19.9 Å². The van der Waals surface area contributed by atoms with Crippen molar-refractivity contribution in [3.05, 3.63) is 46.6 Å². The number of aryl methyl sites for hydroxylation is 3. The minimum atomic E-state index is -0.560. The summed E-state index contributed by atoms with van der Waals surface area (Å²) >= 11 is 0. The van der Waals surface area contributed by atoms with Gasteiger partial charge in [0, 0.05) is 0 Å². The third-order valence-corrected chi connectivity index (χ3v) is 2.92. The van der Waals surface area contributed by atoms with E-state index < -0.39 is 12.1 Å². The van der Waals surface area contributed by atoms with Gasteiger partial charge in [-0.25, -0.2) is 4.79 Å². The lowest BCUT2D eigenvalue weighted by Crippen LogP contribution is -2.10. The van der Waals surface area contributed by atoms with Crippen LogP contribution in [0.3, 0.4) is 0 Å². The third kappa shape index (κ3) is 2.99. The molecule has 0 amide bonds. The summed E-state index contributed by atoms with van der Waals surface area (Å²) in [4.78, 5) is 16.0. The van der Waals surface area contributed by atoms with Crippen molar-refractivity contribution in [3.8, 4) is 0 Å². The normalized spacial score (nSPS) is 12.2. The summed E-state index contributed by atoms with van der Waals surface area (Å²) in [5.74, 6) is 0.421. The van der Waals surface area contributed by atoms with Crippen molar-refractivity contribution < 1.29 is 14.1 Å². The Kier molecular flexibility index (Phi) is 3.64. The summed E-state index contributed by atoms with van der Waals surface area (Å²) in [6.45, 7) is 7.36. The zero-order chi connectivity index (χ0) is 14.0. The van der Waals surface area contributed by atoms with E-state index in [1.165, 1.54) is 0 Å². The summed E-state index contributed by atoms with van der Waals surface area (Å²) in [5, 5.41) is 3.67. The standard InChI is InChI=1S/C14H16N2O3/c1-8-5-6-12(7-9(8)2)14(17)18-10(3)13-15-11(4)16-19-13/h5-7,10H,1-4H3. The second-order valence-corrected chi connectivity index (χ2v) is 4.53. The Balaban J connectivity index is 2.10. The van der Waals surface area contributed by atoms with Crippen molar-refractivity contribution in [2.75, 3.05) is 0 Å². The molecule has 0 saturated heterocycles. The maximum Gasteiger partial charge on any atom is 0.338 e. The van der Waals surface area contributed by atoms with Crippen LogP contribution in [0.25, 0.3) is 0 Å². The number of rotatable bonds is 3. The largest absolute Gasteiger partial charge is 0.449 e. The predicted octanol–water partition coefficient (Wildman–Crippen LogP) is 2.91. The average molecular weight is 260 g/mol. The molecule has 0 aliphatic carbocycles. The Labute approximate surface area is 111 Å². The molecule has 0 radical (unpaired) electrons. The molecule has 0 bridgehead atoms. The fraction of sp³-hybridized carbons (Fsp3) is 0.357. The van der Waals surface area contributed by atoms with Crippen LogP contribution in [0.4, 0.5) is 0 Å². The van der Waals surface area contributed by atoms with Crippen molar-refractivity contribution >= 4 is 5.97 Å². The molecular weight excluding hydrogens is 244 g/mol. The summed E-state index contributed by atoms with van der Waals surface area (Å²) in [6.07, 6.45) is -0.560. The SMILES string of the molecule is Cc1noc(C(C)OC(=O)c2ccc(C)c(C)c2)n1. The van der Waals surface area contributed by atoms with E-state index in [4.69, 9.17) is 9.26 Å². The molecule has 0 spiro atoms. The van der Waals surface area contributed by atoms with Crippen LogP contribution >= 0.6 is 0 Å². The molecule has 19 heavy (non-hydrogen) atoms. The highest BCUT2D eigenvalue weighted by atomic mass is 16.6. The van der Waals surface area contributed by atoms with E-state index in [1.807, 2.05) is 26.0 Å². The van der Waals surface area contributed by atoms with Crippen LogP contribution in [0.1, 0.15) is 46.2 Å². The van der Waals surface area contributed by atoms with Gasteiger partial charge in [-0.3, -0.25) is 0 Å². The maximum atomic E-state index is 12.0. The van der Waals surface area contributed by atoms with Crippen LogP contribution in [0, 0.1) is 20.8 Å². The number of aromatic nitrogens is 2. The van der Waals surface area contributed by atoms with Crippen LogP contribution in [0.5, 0.6) is 0 Å². The number of ether oxygens (including phenoxy) is 1. The van der Waals surface area contributed by atoms with Crippen LogP contribution in [-0.2, 0) is 4.74 Å². The lowest BCUT2D eigenvalue weighted by atomic mass is 10.1. The molecule has 1 heterocycles. The van der Waals surface area contributed by atoms with Gasteiger partial charge in [-0.05, 0) is 51.0 Å². The van der Waals surface area contributed by atoms with Gasteiger partial charge in [-0.15, -0.1) is 0 Å². The first-order chi connectivity index (χ1) is 8.97. The van der Waals surface area contributed by atoms with Gasteiger partial charge in [0.15, 0.2) is 11.9 Å². The van der Waals surface area contributed by atoms with Gasteiger partial charge >= 0.3 is 5.97 Å². The highest BCUT2D eigenvalue weighted by Crippen LogP contribution is 2.18. The Hall–Kier alpha value is -2.17. The summed E-state index contributed by atoms with van der Waals surface area (Å²) in [7, 11) is 0. The molecule has 1 aromatic carbocycles. The number of nitrogens with zero attached hydrogens (tertiary/aromatic N) is 2. The molecule has 0 saturated carbocycles. The fourth-order valence-electron chi connectivity index (χ4n) is 1.63. The molecule has 100 valence electrons. The minimum absolute atomic E-state index is 0.301. The van der Waals surface area contributed by atoms with Crippen LogP contribution in [-0.4, -0.2) is 16.1 Å². The van der Waals surface area contributed by atoms with Crippen LogP contribution in [0.2, 0.25) is 0 Å². The second kappa shape index (κ2) is 5.22. The summed E-state index contributed by atoms with van der Waals surface area (Å²) in [6, 6.07) is 5.45. The first-order valence-corrected chi connectivity index (χ1v) is 6.06. The molecule has 0 fully saturated rings. The molecule has 0 aliphatic heterocycles. The van der Waals surface area contributed by atoms with Gasteiger partial charge in [-0.1, -0.05) is 11.2 Å². The Morgan fingerprint density at radius 2 is 2.00 bits per heavy atom. The van der Waals surface area contributed by atoms with Gasteiger partial charge in [0.25, 0.3) is 5.89 Å². The van der Waals surface area contributed by atoms with Crippen molar-refractivity contribution in [3.63, 3.8) is 0 Å². The van der Waals surface area contributed by atoms with E-state index in [-0.39, 0.29) is 0 Å². The van der Waals surface area contributed by atoms with Crippen molar-refractivity contribution in [2.24, 2.45) is 0 Å². The molecule has 2 aromatic rings. The smallest absolute Gasteiger partial charge is 0.338 e. The fourth-order valence-corrected chi connectivity index (χ4v) is 1.63. The van der Waals surface area contributed by atoms with Gasteiger partial charge in [0.2, 0.25) is 0 Å². The predicted molar refractivity (Wildman–Crippen MR) is 68.8 cm³/mol. The topological polar surface area (TPSA) is 65.2 Å². The van der Waals surface area contributed by atoms with Crippen LogP contribution in [0.15, 0.2) is 22.7 Å². The molecule has 0 aliphatic rings. The van der Waals surface area contributed by atoms with Gasteiger partial charge in [0.1, 0.15) is 0 Å². The van der Waals surface area contributed by atoms with Crippen molar-refractivity contribution in [1.29, 1.82) is 0 Å². The molecule has 1 aromatic heterocycles. The van der Waals surface area contributed by atoms with E-state index in [0.29, 0.717) is 17.3 Å². The number of benzene rings is 1. The minimum Gasteiger partial charge on any atom is -0.449 e. The highest BCUT2D eigenvalue weighted by molar-refractivity contribution is 5.89. The molecule has 1 unspecified atom stereocenters. The number of hydrogen-bond donors (Lipinski definition) is 0. The first kappa shape index (κ1) is 13.3. The van der Waals surface area contributed by atoms with Gasteiger partial charge < -0.3 is 9.26 Å². The zero-order valence-electron chi connectivity index (χ0n) is 11.4. The molecule has 5 heteroatoms. The lowest BCUT2D eigenvalue weighted by Gasteiger charge is -2.10. The van der Waals surface area contributed by atoms with E-state index in [0.717, 1.165) is 11.1 Å². The van der Waals surface area contributed by atoms with E-state index in [9.17, 15) is 4.79 Å². The molecule has 5 nitrogen and oxygen atoms in total. The van der Waals surface area contributed by atoms with Crippen molar-refractivity contribution in [1.82, 2.24) is 10.1 Å². The zero-order valence-corrected chi connectivity index (χ0v) is 11.4. The molecule has 0 N–H and O–H groups in total. The Morgan fingerprint density at radius 1 is 1.26 bits per heavy atom. The molecule has 1 atom stereocenters. The van der Waals surface area contributed by atoms with Gasteiger partial charge in [-0.2, -0.15) is 4.98 Å². The number of carbonyl (C=O) groups excluding carboxylic acids is 1. The summed E-state index contributed by atoms with van der Waals surface area (Å²) < 4.78 is 10.3. The number of carbonyl (C=O) groups is 1. The number of esters is 1. The molecular formula is C14H16N2O3. The summed E-state index contributed by atoms with van der Waals surface area (Å²) in [5.41, 5.74) is 2.71. The highest BCUT2D eigenvalue weighted by Gasteiger charge is 2.18. The molecule has 2 rings (SSSR count). The lowest BCUT2D eigenvalue weighted by molar-refractivity contribution is 0.0265. The Bertz CT molecular complexity index is 604. The Morgan fingerprint density at radius 3 is 2.58 bits per heavy atom. The first-order valence-electron chi connectivity index (χ1n) is 6.06. The van der Waals surface area contributed by atoms with Crippen LogP contribution < -0.4 is 0 Å². The second-order valence-electron chi connectivity index (χ2n) is 4.53. The van der Waals surface area contributed by atoms with Crippen molar-refractivity contribution in [2.45, 2.75) is 33.8 Å². The van der Waals surface area contributed by atoms with E-state index >= 15 is 0 Å². The number of hydrogen-bond acceptors (Lipinski definition) is 5.